The van der Waals surface area contributed by atoms with Gasteiger partial charge in [-0.15, -0.1) is 6.58 Å². The summed E-state index contributed by atoms with van der Waals surface area (Å²) in [7, 11) is 0. The van der Waals surface area contributed by atoms with Crippen LogP contribution in [0, 0.1) is 5.92 Å². The van der Waals surface area contributed by atoms with E-state index >= 15 is 0 Å². The number of pyridine rings is 1. The number of carbonyl (C=O) groups is 1. The highest BCUT2D eigenvalue weighted by Gasteiger charge is 2.35. The van der Waals surface area contributed by atoms with Crippen molar-refractivity contribution in [2.24, 2.45) is 5.92 Å². The molecule has 5 heteroatoms. The minimum absolute atomic E-state index is 0.126. The van der Waals surface area contributed by atoms with Gasteiger partial charge < -0.3 is 15.4 Å². The Morgan fingerprint density at radius 3 is 2.95 bits per heavy atom. The van der Waals surface area contributed by atoms with E-state index in [1.807, 2.05) is 6.07 Å². The summed E-state index contributed by atoms with van der Waals surface area (Å²) in [5.41, 5.74) is 0.565. The quantitative estimate of drug-likeness (QED) is 0.792. The fourth-order valence-corrected chi connectivity index (χ4v) is 2.85. The van der Waals surface area contributed by atoms with Crippen LogP contribution in [0.5, 0.6) is 0 Å². The number of aromatic nitrogens is 1. The van der Waals surface area contributed by atoms with Gasteiger partial charge in [0.1, 0.15) is 5.82 Å². The molecule has 1 aliphatic carbocycles. The largest absolute Gasteiger partial charge is 0.378 e. The molecule has 1 aliphatic heterocycles. The number of rotatable bonds is 6. The summed E-state index contributed by atoms with van der Waals surface area (Å²) in [6.45, 7) is 4.86. The molecule has 3 rings (SSSR count). The molecule has 2 atom stereocenters. The van der Waals surface area contributed by atoms with Gasteiger partial charge in [0.15, 0.2) is 0 Å². The SMILES string of the molecule is C=CCNC(=O)c1ccc(NC2CCOC(C3CC3)C2)nc1. The second-order valence-electron chi connectivity index (χ2n) is 6.04. The standard InChI is InChI=1S/C17H23N3O2/c1-2-8-18-17(21)13-5-6-16(19-11-13)20-14-7-9-22-15(10-14)12-3-4-12/h2,5-6,11-12,14-15H,1,3-4,7-10H2,(H,18,21)(H,19,20). The molecular formula is C17H23N3O2. The van der Waals surface area contributed by atoms with Crippen LogP contribution in [0.4, 0.5) is 5.82 Å². The van der Waals surface area contributed by atoms with Gasteiger partial charge in [0.2, 0.25) is 0 Å². The van der Waals surface area contributed by atoms with Crippen molar-refractivity contribution < 1.29 is 9.53 Å². The Morgan fingerprint density at radius 1 is 1.41 bits per heavy atom. The van der Waals surface area contributed by atoms with E-state index in [4.69, 9.17) is 4.74 Å². The predicted octanol–water partition coefficient (Wildman–Crippen LogP) is 2.37. The van der Waals surface area contributed by atoms with E-state index in [-0.39, 0.29) is 5.91 Å². The van der Waals surface area contributed by atoms with Crippen LogP contribution in [0.2, 0.25) is 0 Å². The first-order chi connectivity index (χ1) is 10.8. The van der Waals surface area contributed by atoms with E-state index in [1.165, 1.54) is 12.8 Å². The lowest BCUT2D eigenvalue weighted by Gasteiger charge is -2.30. The topological polar surface area (TPSA) is 63.2 Å². The second-order valence-corrected chi connectivity index (χ2v) is 6.04. The van der Waals surface area contributed by atoms with Crippen LogP contribution in [0.3, 0.4) is 0 Å². The summed E-state index contributed by atoms with van der Waals surface area (Å²) in [5, 5.41) is 6.20. The normalized spacial score (nSPS) is 24.5. The summed E-state index contributed by atoms with van der Waals surface area (Å²) in [6.07, 6.45) is 8.35. The molecule has 2 aliphatic rings. The van der Waals surface area contributed by atoms with Crippen molar-refractivity contribution in [3.8, 4) is 0 Å². The molecule has 1 saturated carbocycles. The maximum Gasteiger partial charge on any atom is 0.253 e. The van der Waals surface area contributed by atoms with Gasteiger partial charge in [0.25, 0.3) is 5.91 Å². The maximum atomic E-state index is 11.8. The lowest BCUT2D eigenvalue weighted by atomic mass is 10.00. The highest BCUT2D eigenvalue weighted by Crippen LogP contribution is 2.38. The second kappa shape index (κ2) is 6.92. The molecule has 1 saturated heterocycles. The number of nitrogens with one attached hydrogen (secondary N) is 2. The van der Waals surface area contributed by atoms with Gasteiger partial charge in [-0.1, -0.05) is 6.08 Å². The summed E-state index contributed by atoms with van der Waals surface area (Å²) in [6, 6.07) is 4.07. The third-order valence-corrected chi connectivity index (χ3v) is 4.25. The van der Waals surface area contributed by atoms with Gasteiger partial charge in [-0.3, -0.25) is 4.79 Å². The summed E-state index contributed by atoms with van der Waals surface area (Å²) in [5.74, 6) is 1.47. The molecule has 2 N–H and O–H groups in total. The van der Waals surface area contributed by atoms with Gasteiger partial charge in [-0.25, -0.2) is 4.98 Å². The van der Waals surface area contributed by atoms with Crippen molar-refractivity contribution >= 4 is 11.7 Å². The zero-order valence-electron chi connectivity index (χ0n) is 12.8. The van der Waals surface area contributed by atoms with Crippen molar-refractivity contribution in [3.05, 3.63) is 36.5 Å². The van der Waals surface area contributed by atoms with E-state index in [1.54, 1.807) is 18.3 Å². The number of anilines is 1. The number of nitrogens with zero attached hydrogens (tertiary/aromatic N) is 1. The molecule has 0 spiro atoms. The van der Waals surface area contributed by atoms with Crippen LogP contribution in [0.25, 0.3) is 0 Å². The molecule has 0 radical (unpaired) electrons. The van der Waals surface area contributed by atoms with E-state index in [0.717, 1.165) is 31.2 Å². The van der Waals surface area contributed by atoms with Crippen LogP contribution < -0.4 is 10.6 Å². The van der Waals surface area contributed by atoms with Crippen LogP contribution in [0.1, 0.15) is 36.0 Å². The Bertz CT molecular complexity index is 525. The van der Waals surface area contributed by atoms with Gasteiger partial charge in [-0.05, 0) is 43.7 Å². The maximum absolute atomic E-state index is 11.8. The lowest BCUT2D eigenvalue weighted by molar-refractivity contribution is -0.00223. The number of amides is 1. The number of hydrogen-bond acceptors (Lipinski definition) is 4. The Morgan fingerprint density at radius 2 is 2.27 bits per heavy atom. The molecule has 2 unspecified atom stereocenters. The summed E-state index contributed by atoms with van der Waals surface area (Å²) >= 11 is 0. The smallest absolute Gasteiger partial charge is 0.253 e. The van der Waals surface area contributed by atoms with Crippen LogP contribution in [0.15, 0.2) is 31.0 Å². The minimum atomic E-state index is -0.126. The highest BCUT2D eigenvalue weighted by atomic mass is 16.5. The first kappa shape index (κ1) is 15.0. The van der Waals surface area contributed by atoms with Crippen molar-refractivity contribution in [1.82, 2.24) is 10.3 Å². The number of hydrogen-bond donors (Lipinski definition) is 2. The zero-order valence-corrected chi connectivity index (χ0v) is 12.8. The van der Waals surface area contributed by atoms with Gasteiger partial charge in [0, 0.05) is 25.4 Å². The number of carbonyl (C=O) groups excluding carboxylic acids is 1. The molecule has 1 aromatic heterocycles. The molecule has 0 bridgehead atoms. The molecular weight excluding hydrogens is 278 g/mol. The minimum Gasteiger partial charge on any atom is -0.378 e. The molecule has 0 aromatic carbocycles. The average Bonchev–Trinajstić information content (AvgIpc) is 3.38. The van der Waals surface area contributed by atoms with Gasteiger partial charge in [-0.2, -0.15) is 0 Å². The van der Waals surface area contributed by atoms with E-state index in [9.17, 15) is 4.79 Å². The molecule has 1 amide bonds. The molecule has 2 fully saturated rings. The molecule has 22 heavy (non-hydrogen) atoms. The van der Waals surface area contributed by atoms with E-state index in [2.05, 4.69) is 22.2 Å². The summed E-state index contributed by atoms with van der Waals surface area (Å²) < 4.78 is 5.84. The van der Waals surface area contributed by atoms with E-state index in [0.29, 0.717) is 24.3 Å². The van der Waals surface area contributed by atoms with Crippen molar-refractivity contribution in [2.75, 3.05) is 18.5 Å². The zero-order chi connectivity index (χ0) is 15.4. The Labute approximate surface area is 131 Å². The Balaban J connectivity index is 1.54. The summed E-state index contributed by atoms with van der Waals surface area (Å²) in [4.78, 5) is 16.1. The third kappa shape index (κ3) is 3.85. The first-order valence-corrected chi connectivity index (χ1v) is 7.99. The van der Waals surface area contributed by atoms with E-state index < -0.39 is 0 Å². The van der Waals surface area contributed by atoms with Gasteiger partial charge >= 0.3 is 0 Å². The first-order valence-electron chi connectivity index (χ1n) is 7.99. The lowest BCUT2D eigenvalue weighted by Crippen LogP contribution is -2.35. The predicted molar refractivity (Wildman–Crippen MR) is 85.9 cm³/mol. The molecule has 5 nitrogen and oxygen atoms in total. The van der Waals surface area contributed by atoms with Gasteiger partial charge in [0.05, 0.1) is 11.7 Å². The van der Waals surface area contributed by atoms with Crippen LogP contribution in [-0.2, 0) is 4.74 Å². The molecule has 1 aromatic rings. The van der Waals surface area contributed by atoms with Crippen LogP contribution in [-0.4, -0.2) is 36.2 Å². The van der Waals surface area contributed by atoms with Crippen molar-refractivity contribution in [2.45, 2.75) is 37.8 Å². The van der Waals surface area contributed by atoms with Crippen molar-refractivity contribution in [1.29, 1.82) is 0 Å². The highest BCUT2D eigenvalue weighted by molar-refractivity contribution is 5.94. The fraction of sp³-hybridized carbons (Fsp3) is 0.529. The van der Waals surface area contributed by atoms with Crippen molar-refractivity contribution in [3.63, 3.8) is 0 Å². The molecule has 118 valence electrons. The average molecular weight is 301 g/mol. The monoisotopic (exact) mass is 301 g/mol. The van der Waals surface area contributed by atoms with Crippen LogP contribution >= 0.6 is 0 Å². The fourth-order valence-electron chi connectivity index (χ4n) is 2.85. The Hall–Kier alpha value is -1.88. The molecule has 2 heterocycles. The Kier molecular flexibility index (Phi) is 4.73. The third-order valence-electron chi connectivity index (χ3n) is 4.25. The number of ether oxygens (including phenoxy) is 1.